The normalized spacial score (nSPS) is 25.6. The molecular weight excluding hydrogens is 266 g/mol. The van der Waals surface area contributed by atoms with Gasteiger partial charge in [-0.1, -0.05) is 29.3 Å². The fraction of sp³-hybridized carbons (Fsp3) is 0.833. The van der Waals surface area contributed by atoms with E-state index in [1.165, 1.54) is 25.1 Å². The molecule has 4 heteroatoms. The summed E-state index contributed by atoms with van der Waals surface area (Å²) in [5.41, 5.74) is 0. The van der Waals surface area contributed by atoms with E-state index in [1.807, 2.05) is 0 Å². The van der Waals surface area contributed by atoms with Crippen LogP contribution in [0, 0.1) is 5.92 Å². The lowest BCUT2D eigenvalue weighted by molar-refractivity contribution is 0.458. The summed E-state index contributed by atoms with van der Waals surface area (Å²) in [4.78, 5) is 0. The number of halogens is 1. The van der Waals surface area contributed by atoms with Crippen LogP contribution in [0.1, 0.15) is 63.6 Å². The van der Waals surface area contributed by atoms with Gasteiger partial charge in [-0.05, 0) is 32.6 Å². The van der Waals surface area contributed by atoms with Crippen LogP contribution in [0.15, 0.2) is 0 Å². The first-order valence-electron chi connectivity index (χ1n) is 6.14. The summed E-state index contributed by atoms with van der Waals surface area (Å²) in [6.45, 7) is 6.75. The maximum Gasteiger partial charge on any atom is 0.143 e. The summed E-state index contributed by atoms with van der Waals surface area (Å²) in [6.07, 6.45) is 3.94. The van der Waals surface area contributed by atoms with E-state index in [0.717, 1.165) is 17.1 Å². The molecule has 0 saturated heterocycles. The van der Waals surface area contributed by atoms with Gasteiger partial charge in [0.2, 0.25) is 0 Å². The molecular formula is C12H20BrN3. The number of hydrogen-bond acceptors (Lipinski definition) is 2. The molecule has 0 aliphatic heterocycles. The molecule has 1 saturated carbocycles. The number of alkyl halides is 1. The average molecular weight is 286 g/mol. The summed E-state index contributed by atoms with van der Waals surface area (Å²) in [7, 11) is 0. The van der Waals surface area contributed by atoms with Crippen LogP contribution in [0.3, 0.4) is 0 Å². The van der Waals surface area contributed by atoms with Crippen LogP contribution >= 0.6 is 15.9 Å². The largest absolute Gasteiger partial charge is 0.311 e. The van der Waals surface area contributed by atoms with Gasteiger partial charge < -0.3 is 4.57 Å². The van der Waals surface area contributed by atoms with Crippen LogP contribution in [-0.4, -0.2) is 14.8 Å². The maximum atomic E-state index is 4.42. The number of rotatable bonds is 3. The van der Waals surface area contributed by atoms with Crippen LogP contribution in [-0.2, 0) is 5.33 Å². The first kappa shape index (κ1) is 12.1. The summed E-state index contributed by atoms with van der Waals surface area (Å²) < 4.78 is 2.31. The van der Waals surface area contributed by atoms with Gasteiger partial charge in [-0.15, -0.1) is 10.2 Å². The Bertz CT molecular complexity index is 359. The minimum absolute atomic E-state index is 0.449. The molecule has 0 aromatic carbocycles. The monoisotopic (exact) mass is 285 g/mol. The Labute approximate surface area is 106 Å². The fourth-order valence-electron chi connectivity index (χ4n) is 2.77. The highest BCUT2D eigenvalue weighted by Crippen LogP contribution is 2.39. The summed E-state index contributed by atoms with van der Waals surface area (Å²) in [5.74, 6) is 3.63. The Balaban J connectivity index is 2.36. The third-order valence-electron chi connectivity index (χ3n) is 3.62. The van der Waals surface area contributed by atoms with E-state index in [4.69, 9.17) is 0 Å². The minimum Gasteiger partial charge on any atom is -0.311 e. The average Bonchev–Trinajstić information content (AvgIpc) is 2.82. The van der Waals surface area contributed by atoms with E-state index < -0.39 is 0 Å². The second-order valence-electron chi connectivity index (χ2n) is 5.09. The van der Waals surface area contributed by atoms with Crippen molar-refractivity contribution in [2.75, 3.05) is 0 Å². The van der Waals surface area contributed by atoms with Gasteiger partial charge in [0.25, 0.3) is 0 Å². The fourth-order valence-corrected chi connectivity index (χ4v) is 3.16. The lowest BCUT2D eigenvalue weighted by atomic mass is 9.97. The first-order chi connectivity index (χ1) is 7.65. The van der Waals surface area contributed by atoms with E-state index in [1.54, 1.807) is 0 Å². The predicted octanol–water partition coefficient (Wildman–Crippen LogP) is 3.66. The molecule has 1 aromatic heterocycles. The molecule has 0 spiro atoms. The molecule has 2 unspecified atom stereocenters. The first-order valence-corrected chi connectivity index (χ1v) is 7.27. The van der Waals surface area contributed by atoms with Crippen molar-refractivity contribution in [3.63, 3.8) is 0 Å². The van der Waals surface area contributed by atoms with Gasteiger partial charge in [-0.2, -0.15) is 0 Å². The molecule has 1 aliphatic carbocycles. The number of hydrogen-bond donors (Lipinski definition) is 0. The van der Waals surface area contributed by atoms with Crippen molar-refractivity contribution >= 4 is 15.9 Å². The topological polar surface area (TPSA) is 30.7 Å². The van der Waals surface area contributed by atoms with Gasteiger partial charge in [0, 0.05) is 12.0 Å². The van der Waals surface area contributed by atoms with E-state index >= 15 is 0 Å². The summed E-state index contributed by atoms with van der Waals surface area (Å²) in [5, 5.41) is 9.52. The van der Waals surface area contributed by atoms with Gasteiger partial charge in [0.15, 0.2) is 0 Å². The second kappa shape index (κ2) is 4.86. The van der Waals surface area contributed by atoms with Crippen LogP contribution in [0.5, 0.6) is 0 Å². The van der Waals surface area contributed by atoms with Crippen molar-refractivity contribution in [1.82, 2.24) is 14.8 Å². The SMILES string of the molecule is CC1CCCC1c1nnc(CBr)n1C(C)C. The molecule has 2 rings (SSSR count). The van der Waals surface area contributed by atoms with E-state index in [9.17, 15) is 0 Å². The van der Waals surface area contributed by atoms with Crippen LogP contribution in [0.25, 0.3) is 0 Å². The van der Waals surface area contributed by atoms with Gasteiger partial charge >= 0.3 is 0 Å². The third-order valence-corrected chi connectivity index (χ3v) is 4.12. The Hall–Kier alpha value is -0.380. The zero-order valence-corrected chi connectivity index (χ0v) is 11.9. The molecule has 0 N–H and O–H groups in total. The molecule has 3 nitrogen and oxygen atoms in total. The number of aromatic nitrogens is 3. The maximum absolute atomic E-state index is 4.42. The van der Waals surface area contributed by atoms with Crippen LogP contribution < -0.4 is 0 Å². The van der Waals surface area contributed by atoms with E-state index in [0.29, 0.717) is 12.0 Å². The highest BCUT2D eigenvalue weighted by atomic mass is 79.9. The summed E-state index contributed by atoms with van der Waals surface area (Å²) in [6, 6.07) is 0.449. The Morgan fingerprint density at radius 2 is 2.12 bits per heavy atom. The molecule has 90 valence electrons. The van der Waals surface area contributed by atoms with E-state index in [-0.39, 0.29) is 0 Å². The molecule has 0 bridgehead atoms. The predicted molar refractivity (Wildman–Crippen MR) is 68.8 cm³/mol. The van der Waals surface area contributed by atoms with Gasteiger partial charge in [-0.25, -0.2) is 0 Å². The van der Waals surface area contributed by atoms with E-state index in [2.05, 4.69) is 51.5 Å². The zero-order chi connectivity index (χ0) is 11.7. The van der Waals surface area contributed by atoms with Gasteiger partial charge in [-0.3, -0.25) is 0 Å². The lowest BCUT2D eigenvalue weighted by Crippen LogP contribution is -2.14. The molecule has 0 radical (unpaired) electrons. The molecule has 1 aromatic rings. The highest BCUT2D eigenvalue weighted by molar-refractivity contribution is 9.08. The zero-order valence-electron chi connectivity index (χ0n) is 10.3. The van der Waals surface area contributed by atoms with Crippen LogP contribution in [0.2, 0.25) is 0 Å². The molecule has 16 heavy (non-hydrogen) atoms. The van der Waals surface area contributed by atoms with Crippen molar-refractivity contribution in [3.05, 3.63) is 11.6 Å². The van der Waals surface area contributed by atoms with Crippen molar-refractivity contribution in [3.8, 4) is 0 Å². The minimum atomic E-state index is 0.449. The Morgan fingerprint density at radius 1 is 1.38 bits per heavy atom. The Kier molecular flexibility index (Phi) is 3.67. The van der Waals surface area contributed by atoms with Gasteiger partial charge in [0.05, 0.1) is 5.33 Å². The smallest absolute Gasteiger partial charge is 0.143 e. The van der Waals surface area contributed by atoms with Crippen molar-refractivity contribution < 1.29 is 0 Å². The Morgan fingerprint density at radius 3 is 2.62 bits per heavy atom. The van der Waals surface area contributed by atoms with Crippen molar-refractivity contribution in [2.45, 2.75) is 57.3 Å². The highest BCUT2D eigenvalue weighted by Gasteiger charge is 2.30. The van der Waals surface area contributed by atoms with Crippen LogP contribution in [0.4, 0.5) is 0 Å². The van der Waals surface area contributed by atoms with Crippen molar-refractivity contribution in [1.29, 1.82) is 0 Å². The quantitative estimate of drug-likeness (QED) is 0.794. The molecule has 1 aliphatic rings. The molecule has 1 fully saturated rings. The third kappa shape index (κ3) is 2.04. The summed E-state index contributed by atoms with van der Waals surface area (Å²) >= 11 is 3.49. The van der Waals surface area contributed by atoms with Crippen molar-refractivity contribution in [2.24, 2.45) is 5.92 Å². The van der Waals surface area contributed by atoms with Gasteiger partial charge in [0.1, 0.15) is 11.6 Å². The molecule has 2 atom stereocenters. The second-order valence-corrected chi connectivity index (χ2v) is 5.65. The standard InChI is InChI=1S/C12H20BrN3/c1-8(2)16-11(7-13)14-15-12(16)10-6-4-5-9(10)3/h8-10H,4-7H2,1-3H3. The number of nitrogens with zero attached hydrogens (tertiary/aromatic N) is 3. The molecule has 0 amide bonds. The lowest BCUT2D eigenvalue weighted by Gasteiger charge is -2.19. The molecule has 1 heterocycles.